The standard InChI is InChI=1S/C18H24BrFN4O2/c19-14-3-4-16(15(20)11-14)21-17(25)12-22-7-9-23(10-8-22)13-18(26)24-5-1-2-6-24/h3-4,11H,1-2,5-10,12-13H2,(H,21,25). The molecular formula is C18H24BrFN4O2. The summed E-state index contributed by atoms with van der Waals surface area (Å²) in [5, 5.41) is 2.61. The molecule has 1 N–H and O–H groups in total. The Morgan fingerprint density at radius 2 is 1.62 bits per heavy atom. The van der Waals surface area contributed by atoms with E-state index in [2.05, 4.69) is 26.1 Å². The van der Waals surface area contributed by atoms with Gasteiger partial charge in [-0.1, -0.05) is 15.9 Å². The van der Waals surface area contributed by atoms with Gasteiger partial charge in [0.1, 0.15) is 5.82 Å². The topological polar surface area (TPSA) is 55.9 Å². The number of rotatable bonds is 5. The van der Waals surface area contributed by atoms with Crippen LogP contribution in [0.15, 0.2) is 22.7 Å². The zero-order chi connectivity index (χ0) is 18.5. The SMILES string of the molecule is O=C(CN1CCN(CC(=O)N2CCCC2)CC1)Nc1ccc(Br)cc1F. The van der Waals surface area contributed by atoms with Gasteiger partial charge in [0.15, 0.2) is 0 Å². The van der Waals surface area contributed by atoms with Crippen LogP contribution in [-0.2, 0) is 9.59 Å². The van der Waals surface area contributed by atoms with E-state index >= 15 is 0 Å². The number of benzene rings is 1. The minimum Gasteiger partial charge on any atom is -0.342 e. The molecule has 2 aliphatic heterocycles. The molecule has 142 valence electrons. The summed E-state index contributed by atoms with van der Waals surface area (Å²) >= 11 is 3.19. The lowest BCUT2D eigenvalue weighted by atomic mass is 10.3. The highest BCUT2D eigenvalue weighted by molar-refractivity contribution is 9.10. The Labute approximate surface area is 161 Å². The van der Waals surface area contributed by atoms with Crippen molar-refractivity contribution in [1.29, 1.82) is 0 Å². The molecule has 2 aliphatic rings. The first-order chi connectivity index (χ1) is 12.5. The summed E-state index contributed by atoms with van der Waals surface area (Å²) in [5.74, 6) is -0.481. The summed E-state index contributed by atoms with van der Waals surface area (Å²) < 4.78 is 14.4. The molecule has 1 aromatic rings. The van der Waals surface area contributed by atoms with Crippen LogP contribution in [0.1, 0.15) is 12.8 Å². The van der Waals surface area contributed by atoms with Crippen LogP contribution in [0, 0.1) is 5.82 Å². The molecule has 1 aromatic carbocycles. The van der Waals surface area contributed by atoms with Gasteiger partial charge in [-0.05, 0) is 31.0 Å². The van der Waals surface area contributed by atoms with Gasteiger partial charge >= 0.3 is 0 Å². The summed E-state index contributed by atoms with van der Waals surface area (Å²) in [6.45, 7) is 5.43. The predicted molar refractivity (Wildman–Crippen MR) is 101 cm³/mol. The molecule has 0 saturated carbocycles. The second kappa shape index (κ2) is 8.92. The van der Waals surface area contributed by atoms with E-state index in [4.69, 9.17) is 0 Å². The van der Waals surface area contributed by atoms with Gasteiger partial charge in [-0.25, -0.2) is 4.39 Å². The Balaban J connectivity index is 1.40. The first-order valence-corrected chi connectivity index (χ1v) is 9.78. The van der Waals surface area contributed by atoms with E-state index in [1.807, 2.05) is 9.80 Å². The molecule has 0 aliphatic carbocycles. The van der Waals surface area contributed by atoms with Crippen molar-refractivity contribution in [2.24, 2.45) is 0 Å². The number of nitrogens with zero attached hydrogens (tertiary/aromatic N) is 3. The fraction of sp³-hybridized carbons (Fsp3) is 0.556. The summed E-state index contributed by atoms with van der Waals surface area (Å²) in [6, 6.07) is 4.56. The van der Waals surface area contributed by atoms with E-state index in [9.17, 15) is 14.0 Å². The Bertz CT molecular complexity index is 659. The number of carbonyl (C=O) groups excluding carboxylic acids is 2. The van der Waals surface area contributed by atoms with Gasteiger partial charge in [-0.2, -0.15) is 0 Å². The summed E-state index contributed by atoms with van der Waals surface area (Å²) in [6.07, 6.45) is 2.21. The molecule has 0 spiro atoms. The molecule has 3 rings (SSSR count). The van der Waals surface area contributed by atoms with Crippen molar-refractivity contribution in [1.82, 2.24) is 14.7 Å². The van der Waals surface area contributed by atoms with Crippen LogP contribution >= 0.6 is 15.9 Å². The zero-order valence-corrected chi connectivity index (χ0v) is 16.3. The number of anilines is 1. The highest BCUT2D eigenvalue weighted by atomic mass is 79.9. The first kappa shape index (κ1) is 19.3. The largest absolute Gasteiger partial charge is 0.342 e. The number of carbonyl (C=O) groups is 2. The van der Waals surface area contributed by atoms with Gasteiger partial charge < -0.3 is 10.2 Å². The lowest BCUT2D eigenvalue weighted by Crippen LogP contribution is -2.51. The van der Waals surface area contributed by atoms with E-state index in [0.29, 0.717) is 11.0 Å². The number of halogens is 2. The second-order valence-corrected chi connectivity index (χ2v) is 7.73. The summed E-state index contributed by atoms with van der Waals surface area (Å²) in [7, 11) is 0. The van der Waals surface area contributed by atoms with Gasteiger partial charge in [0.05, 0.1) is 18.8 Å². The molecular weight excluding hydrogens is 403 g/mol. The van der Waals surface area contributed by atoms with Gasteiger partial charge in [-0.15, -0.1) is 0 Å². The van der Waals surface area contributed by atoms with Gasteiger partial charge in [0, 0.05) is 43.7 Å². The third-order valence-electron chi connectivity index (χ3n) is 4.85. The highest BCUT2D eigenvalue weighted by Crippen LogP contribution is 2.19. The molecule has 0 bridgehead atoms. The average Bonchev–Trinajstić information content (AvgIpc) is 3.14. The fourth-order valence-corrected chi connectivity index (χ4v) is 3.68. The number of likely N-dealkylation sites (tertiary alicyclic amines) is 1. The van der Waals surface area contributed by atoms with Crippen LogP contribution in [0.2, 0.25) is 0 Å². The Kier molecular flexibility index (Phi) is 6.61. The lowest BCUT2D eigenvalue weighted by molar-refractivity contribution is -0.132. The van der Waals surface area contributed by atoms with Crippen LogP contribution < -0.4 is 5.32 Å². The molecule has 8 heteroatoms. The maximum atomic E-state index is 13.8. The maximum absolute atomic E-state index is 13.8. The van der Waals surface area contributed by atoms with Crippen LogP contribution in [0.3, 0.4) is 0 Å². The van der Waals surface area contributed by atoms with Crippen LogP contribution in [0.5, 0.6) is 0 Å². The van der Waals surface area contributed by atoms with Crippen molar-refractivity contribution < 1.29 is 14.0 Å². The van der Waals surface area contributed by atoms with Crippen LogP contribution in [0.4, 0.5) is 10.1 Å². The predicted octanol–water partition coefficient (Wildman–Crippen LogP) is 1.77. The minimum atomic E-state index is -0.460. The van der Waals surface area contributed by atoms with Gasteiger partial charge in [0.25, 0.3) is 0 Å². The van der Waals surface area contributed by atoms with E-state index in [1.165, 1.54) is 6.07 Å². The van der Waals surface area contributed by atoms with Gasteiger partial charge in [0.2, 0.25) is 11.8 Å². The van der Waals surface area contributed by atoms with Crippen molar-refractivity contribution in [2.75, 3.05) is 57.7 Å². The molecule has 2 fully saturated rings. The first-order valence-electron chi connectivity index (χ1n) is 8.98. The molecule has 6 nitrogen and oxygen atoms in total. The Morgan fingerprint density at radius 3 is 2.23 bits per heavy atom. The molecule has 2 saturated heterocycles. The molecule has 26 heavy (non-hydrogen) atoms. The van der Waals surface area contributed by atoms with Crippen molar-refractivity contribution in [2.45, 2.75) is 12.8 Å². The highest BCUT2D eigenvalue weighted by Gasteiger charge is 2.24. The van der Waals surface area contributed by atoms with E-state index in [1.54, 1.807) is 12.1 Å². The average molecular weight is 427 g/mol. The number of amides is 2. The normalized spacial score (nSPS) is 18.9. The zero-order valence-electron chi connectivity index (χ0n) is 14.7. The van der Waals surface area contributed by atoms with E-state index < -0.39 is 5.82 Å². The quantitative estimate of drug-likeness (QED) is 0.779. The number of hydrogen-bond acceptors (Lipinski definition) is 4. The number of hydrogen-bond donors (Lipinski definition) is 1. The van der Waals surface area contributed by atoms with Crippen molar-refractivity contribution in [3.8, 4) is 0 Å². The number of nitrogens with one attached hydrogen (secondary N) is 1. The van der Waals surface area contributed by atoms with E-state index in [0.717, 1.165) is 52.1 Å². The summed E-state index contributed by atoms with van der Waals surface area (Å²) in [4.78, 5) is 30.5. The molecule has 0 unspecified atom stereocenters. The van der Waals surface area contributed by atoms with Crippen LogP contribution in [0.25, 0.3) is 0 Å². The molecule has 2 amide bonds. The Hall–Kier alpha value is -1.51. The third kappa shape index (κ3) is 5.25. The summed E-state index contributed by atoms with van der Waals surface area (Å²) in [5.41, 5.74) is 0.188. The monoisotopic (exact) mass is 426 g/mol. The molecule has 0 radical (unpaired) electrons. The molecule has 2 heterocycles. The van der Waals surface area contributed by atoms with Crippen molar-refractivity contribution in [3.63, 3.8) is 0 Å². The third-order valence-corrected chi connectivity index (χ3v) is 5.35. The van der Waals surface area contributed by atoms with Crippen molar-refractivity contribution in [3.05, 3.63) is 28.5 Å². The maximum Gasteiger partial charge on any atom is 0.238 e. The van der Waals surface area contributed by atoms with Crippen LogP contribution in [-0.4, -0.2) is 78.9 Å². The fourth-order valence-electron chi connectivity index (χ4n) is 3.35. The second-order valence-electron chi connectivity index (χ2n) is 6.81. The number of piperazine rings is 1. The lowest BCUT2D eigenvalue weighted by Gasteiger charge is -2.34. The smallest absolute Gasteiger partial charge is 0.238 e. The minimum absolute atomic E-state index is 0.188. The van der Waals surface area contributed by atoms with Gasteiger partial charge in [-0.3, -0.25) is 19.4 Å². The Morgan fingerprint density at radius 1 is 1.00 bits per heavy atom. The molecule has 0 aromatic heterocycles. The molecule has 0 atom stereocenters. The van der Waals surface area contributed by atoms with Crippen molar-refractivity contribution >= 4 is 33.4 Å². The van der Waals surface area contributed by atoms with E-state index in [-0.39, 0.29) is 24.0 Å².